The molecule has 0 saturated carbocycles. The van der Waals surface area contributed by atoms with Crippen LogP contribution < -0.4 is 11.1 Å². The van der Waals surface area contributed by atoms with Crippen molar-refractivity contribution < 1.29 is 19.4 Å². The molecule has 88 valence electrons. The number of hydrogen-bond acceptors (Lipinski definition) is 4. The Balaban J connectivity index is 4.15. The Labute approximate surface area is 88.8 Å². The molecule has 1 unspecified atom stereocenters. The number of carbonyl (C=O) groups excluding carboxylic acids is 1. The zero-order valence-electron chi connectivity index (χ0n) is 9.03. The second-order valence-electron chi connectivity index (χ2n) is 3.25. The fraction of sp³-hybridized carbons (Fsp3) is 0.778. The number of rotatable bonds is 7. The van der Waals surface area contributed by atoms with Crippen LogP contribution in [0.5, 0.6) is 0 Å². The number of hydrogen-bond donors (Lipinski definition) is 3. The maximum Gasteiger partial charge on any atom is 0.328 e. The van der Waals surface area contributed by atoms with Crippen molar-refractivity contribution in [2.24, 2.45) is 5.73 Å². The van der Waals surface area contributed by atoms with Crippen molar-refractivity contribution >= 4 is 11.9 Å². The number of ether oxygens (including phenoxy) is 1. The second kappa shape index (κ2) is 7.19. The van der Waals surface area contributed by atoms with E-state index >= 15 is 0 Å². The molecule has 0 radical (unpaired) electrons. The van der Waals surface area contributed by atoms with Crippen LogP contribution in [-0.4, -0.2) is 42.8 Å². The Morgan fingerprint density at radius 2 is 2.13 bits per heavy atom. The predicted molar refractivity (Wildman–Crippen MR) is 54.3 cm³/mol. The van der Waals surface area contributed by atoms with Crippen LogP contribution >= 0.6 is 0 Å². The van der Waals surface area contributed by atoms with Crippen LogP contribution in [0, 0.1) is 0 Å². The first-order chi connectivity index (χ1) is 7.02. The Bertz CT molecular complexity index is 220. The highest BCUT2D eigenvalue weighted by Gasteiger charge is 2.22. The van der Waals surface area contributed by atoms with Crippen LogP contribution in [0.15, 0.2) is 0 Å². The van der Waals surface area contributed by atoms with E-state index in [1.807, 2.05) is 6.92 Å². The van der Waals surface area contributed by atoms with E-state index in [2.05, 4.69) is 10.1 Å². The Morgan fingerprint density at radius 1 is 1.53 bits per heavy atom. The fourth-order valence-corrected chi connectivity index (χ4v) is 1.06. The van der Waals surface area contributed by atoms with Gasteiger partial charge in [-0.05, 0) is 6.42 Å². The molecule has 0 saturated heterocycles. The standard InChI is InChI=1S/C9H18N2O4/c1-3-4-6(10)8(12)11-7(5-15-2)9(13)14/h6-7H,3-5,10H2,1-2H3,(H,11,12)(H,13,14)/t6-,7?/m0/s1. The lowest BCUT2D eigenvalue weighted by molar-refractivity contribution is -0.143. The summed E-state index contributed by atoms with van der Waals surface area (Å²) in [6.07, 6.45) is 1.31. The smallest absolute Gasteiger partial charge is 0.328 e. The zero-order valence-corrected chi connectivity index (χ0v) is 9.03. The van der Waals surface area contributed by atoms with Crippen molar-refractivity contribution in [2.75, 3.05) is 13.7 Å². The van der Waals surface area contributed by atoms with Crippen LogP contribution in [0.2, 0.25) is 0 Å². The molecule has 6 heteroatoms. The van der Waals surface area contributed by atoms with E-state index in [0.717, 1.165) is 6.42 Å². The van der Waals surface area contributed by atoms with Gasteiger partial charge >= 0.3 is 5.97 Å². The molecule has 0 rings (SSSR count). The summed E-state index contributed by atoms with van der Waals surface area (Å²) in [5.41, 5.74) is 5.53. The molecule has 0 aliphatic heterocycles. The average Bonchev–Trinajstić information content (AvgIpc) is 2.17. The van der Waals surface area contributed by atoms with Gasteiger partial charge in [-0.3, -0.25) is 4.79 Å². The largest absolute Gasteiger partial charge is 0.480 e. The lowest BCUT2D eigenvalue weighted by Gasteiger charge is -2.16. The summed E-state index contributed by atoms with van der Waals surface area (Å²) in [6.45, 7) is 1.83. The van der Waals surface area contributed by atoms with Gasteiger partial charge in [0.15, 0.2) is 6.04 Å². The Hall–Kier alpha value is -1.14. The third-order valence-corrected chi connectivity index (χ3v) is 1.88. The molecule has 0 aliphatic carbocycles. The third kappa shape index (κ3) is 5.34. The summed E-state index contributed by atoms with van der Waals surface area (Å²) in [5, 5.41) is 11.0. The van der Waals surface area contributed by atoms with Crippen LogP contribution in [0.3, 0.4) is 0 Å². The lowest BCUT2D eigenvalue weighted by Crippen LogP contribution is -2.50. The van der Waals surface area contributed by atoms with E-state index in [-0.39, 0.29) is 6.61 Å². The van der Waals surface area contributed by atoms with Gasteiger partial charge in [-0.25, -0.2) is 4.79 Å². The minimum Gasteiger partial charge on any atom is -0.480 e. The molecule has 15 heavy (non-hydrogen) atoms. The summed E-state index contributed by atoms with van der Waals surface area (Å²) in [7, 11) is 1.37. The number of nitrogens with two attached hydrogens (primary N) is 1. The van der Waals surface area contributed by atoms with E-state index in [4.69, 9.17) is 10.8 Å². The van der Waals surface area contributed by atoms with Gasteiger partial charge in [-0.15, -0.1) is 0 Å². The monoisotopic (exact) mass is 218 g/mol. The Morgan fingerprint density at radius 3 is 2.53 bits per heavy atom. The first-order valence-corrected chi connectivity index (χ1v) is 4.80. The van der Waals surface area contributed by atoms with Gasteiger partial charge in [-0.2, -0.15) is 0 Å². The number of carboxylic acid groups (broad SMARTS) is 1. The molecule has 0 spiro atoms. The molecule has 0 aromatic carbocycles. The van der Waals surface area contributed by atoms with Crippen molar-refractivity contribution in [2.45, 2.75) is 31.8 Å². The number of methoxy groups -OCH3 is 1. The van der Waals surface area contributed by atoms with Gasteiger partial charge in [0.2, 0.25) is 5.91 Å². The van der Waals surface area contributed by atoms with E-state index in [1.54, 1.807) is 0 Å². The number of carboxylic acids is 1. The topological polar surface area (TPSA) is 102 Å². The molecule has 0 bridgehead atoms. The first kappa shape index (κ1) is 13.9. The van der Waals surface area contributed by atoms with Crippen LogP contribution in [0.1, 0.15) is 19.8 Å². The van der Waals surface area contributed by atoms with Crippen molar-refractivity contribution in [1.29, 1.82) is 0 Å². The van der Waals surface area contributed by atoms with Crippen LogP contribution in [0.4, 0.5) is 0 Å². The molecule has 0 aromatic heterocycles. The predicted octanol–water partition coefficient (Wildman–Crippen LogP) is -0.670. The van der Waals surface area contributed by atoms with Gasteiger partial charge in [0.25, 0.3) is 0 Å². The van der Waals surface area contributed by atoms with Gasteiger partial charge in [0.1, 0.15) is 0 Å². The normalized spacial score (nSPS) is 14.3. The number of carbonyl (C=O) groups is 2. The summed E-state index contributed by atoms with van der Waals surface area (Å²) in [6, 6.07) is -1.70. The summed E-state index contributed by atoms with van der Waals surface area (Å²) < 4.78 is 4.67. The van der Waals surface area contributed by atoms with Crippen LogP contribution in [-0.2, 0) is 14.3 Å². The highest BCUT2D eigenvalue weighted by atomic mass is 16.5. The highest BCUT2D eigenvalue weighted by Crippen LogP contribution is 1.95. The van der Waals surface area contributed by atoms with Crippen molar-refractivity contribution in [1.82, 2.24) is 5.32 Å². The molecule has 0 aromatic rings. The molecular weight excluding hydrogens is 200 g/mol. The van der Waals surface area contributed by atoms with E-state index < -0.39 is 24.0 Å². The van der Waals surface area contributed by atoms with E-state index in [0.29, 0.717) is 6.42 Å². The fourth-order valence-electron chi connectivity index (χ4n) is 1.06. The molecule has 4 N–H and O–H groups in total. The number of amides is 1. The maximum atomic E-state index is 11.4. The summed E-state index contributed by atoms with van der Waals surface area (Å²) in [4.78, 5) is 22.0. The molecule has 0 heterocycles. The zero-order chi connectivity index (χ0) is 11.8. The van der Waals surface area contributed by atoms with Crippen molar-refractivity contribution in [3.8, 4) is 0 Å². The average molecular weight is 218 g/mol. The van der Waals surface area contributed by atoms with Crippen molar-refractivity contribution in [3.63, 3.8) is 0 Å². The lowest BCUT2D eigenvalue weighted by atomic mass is 10.1. The molecular formula is C9H18N2O4. The van der Waals surface area contributed by atoms with Crippen molar-refractivity contribution in [3.05, 3.63) is 0 Å². The first-order valence-electron chi connectivity index (χ1n) is 4.80. The van der Waals surface area contributed by atoms with Gasteiger partial charge in [0, 0.05) is 7.11 Å². The van der Waals surface area contributed by atoms with Gasteiger partial charge < -0.3 is 20.9 Å². The highest BCUT2D eigenvalue weighted by molar-refractivity contribution is 5.86. The minimum absolute atomic E-state index is 0.0695. The third-order valence-electron chi connectivity index (χ3n) is 1.88. The maximum absolute atomic E-state index is 11.4. The van der Waals surface area contributed by atoms with Gasteiger partial charge in [0.05, 0.1) is 12.6 Å². The Kier molecular flexibility index (Phi) is 6.64. The SMILES string of the molecule is CCC[C@H](N)C(=O)NC(COC)C(=O)O. The molecule has 0 aliphatic rings. The quantitative estimate of drug-likeness (QED) is 0.526. The van der Waals surface area contributed by atoms with E-state index in [1.165, 1.54) is 7.11 Å². The molecule has 6 nitrogen and oxygen atoms in total. The molecule has 2 atom stereocenters. The summed E-state index contributed by atoms with van der Waals surface area (Å²) in [5.74, 6) is -1.59. The van der Waals surface area contributed by atoms with E-state index in [9.17, 15) is 9.59 Å². The number of nitrogens with one attached hydrogen (secondary N) is 1. The second-order valence-corrected chi connectivity index (χ2v) is 3.25. The molecule has 1 amide bonds. The minimum atomic E-state index is -1.13. The number of aliphatic carboxylic acids is 1. The summed E-state index contributed by atoms with van der Waals surface area (Å²) >= 11 is 0. The van der Waals surface area contributed by atoms with Crippen LogP contribution in [0.25, 0.3) is 0 Å². The molecule has 0 fully saturated rings. The van der Waals surface area contributed by atoms with Gasteiger partial charge in [-0.1, -0.05) is 13.3 Å².